The van der Waals surface area contributed by atoms with Gasteiger partial charge in [-0.3, -0.25) is 14.4 Å². The van der Waals surface area contributed by atoms with Gasteiger partial charge in [0.15, 0.2) is 0 Å². The highest BCUT2D eigenvalue weighted by molar-refractivity contribution is 6.45. The zero-order valence-corrected chi connectivity index (χ0v) is 14.9. The number of carbonyl (C=O) groups excluding carboxylic acids is 3. The fourth-order valence-corrected chi connectivity index (χ4v) is 3.34. The fraction of sp³-hybridized carbons (Fsp3) is 0.278. The third kappa shape index (κ3) is 2.92. The van der Waals surface area contributed by atoms with E-state index in [0.717, 1.165) is 6.39 Å². The lowest BCUT2D eigenvalue weighted by Crippen LogP contribution is -2.51. The molecule has 2 amide bonds. The number of aromatic amines is 1. The number of nitrogens with one attached hydrogen (secondary N) is 1. The van der Waals surface area contributed by atoms with Crippen LogP contribution in [0, 0.1) is 5.82 Å². The maximum atomic E-state index is 14.5. The van der Waals surface area contributed by atoms with Crippen molar-refractivity contribution in [1.29, 1.82) is 0 Å². The van der Waals surface area contributed by atoms with Crippen LogP contribution >= 0.6 is 0 Å². The molecule has 1 aliphatic rings. The standard InChI is InChI=1S/C18H16FN5O4/c1-10(25)23-4-6-24(7-5-23)18(27)16(26)12-8-20-15-11(17-21-9-28-22-17)2-3-13(19)14(12)15/h2-3,8-9,20H,4-7H2,1H3. The highest BCUT2D eigenvalue weighted by Crippen LogP contribution is 2.30. The molecule has 144 valence electrons. The summed E-state index contributed by atoms with van der Waals surface area (Å²) in [5, 5.41) is 3.73. The average molecular weight is 385 g/mol. The number of piperazine rings is 1. The number of aromatic nitrogens is 3. The van der Waals surface area contributed by atoms with Gasteiger partial charge in [0.25, 0.3) is 11.7 Å². The molecule has 0 saturated carbocycles. The molecule has 0 atom stereocenters. The topological polar surface area (TPSA) is 112 Å². The van der Waals surface area contributed by atoms with Crippen molar-refractivity contribution in [3.63, 3.8) is 0 Å². The first-order chi connectivity index (χ1) is 13.5. The largest absolute Gasteiger partial charge is 0.360 e. The molecule has 2 aromatic heterocycles. The molecule has 3 heterocycles. The molecule has 0 unspecified atom stereocenters. The molecule has 1 aliphatic heterocycles. The Bertz CT molecular complexity index is 1070. The third-order valence-electron chi connectivity index (χ3n) is 4.84. The van der Waals surface area contributed by atoms with Gasteiger partial charge < -0.3 is 19.3 Å². The number of H-pyrrole nitrogens is 1. The average Bonchev–Trinajstić information content (AvgIpc) is 3.38. The van der Waals surface area contributed by atoms with Crippen LogP contribution in [0.2, 0.25) is 0 Å². The number of fused-ring (bicyclic) bond motifs is 1. The Labute approximate surface area is 158 Å². The molecule has 0 radical (unpaired) electrons. The summed E-state index contributed by atoms with van der Waals surface area (Å²) < 4.78 is 19.2. The van der Waals surface area contributed by atoms with Crippen molar-refractivity contribution >= 4 is 28.5 Å². The number of hydrogen-bond acceptors (Lipinski definition) is 6. The number of amides is 2. The molecular weight excluding hydrogens is 369 g/mol. The number of carbonyl (C=O) groups is 3. The molecule has 28 heavy (non-hydrogen) atoms. The molecule has 3 aromatic rings. The summed E-state index contributed by atoms with van der Waals surface area (Å²) in [7, 11) is 0. The van der Waals surface area contributed by atoms with Crippen LogP contribution in [0.3, 0.4) is 0 Å². The minimum absolute atomic E-state index is 0.00280. The van der Waals surface area contributed by atoms with Gasteiger partial charge in [-0.05, 0) is 12.1 Å². The van der Waals surface area contributed by atoms with Crippen molar-refractivity contribution in [2.45, 2.75) is 6.92 Å². The van der Waals surface area contributed by atoms with E-state index in [1.807, 2.05) is 0 Å². The summed E-state index contributed by atoms with van der Waals surface area (Å²) in [5.74, 6) is -2.02. The first kappa shape index (κ1) is 17.8. The van der Waals surface area contributed by atoms with Gasteiger partial charge in [-0.15, -0.1) is 0 Å². The maximum absolute atomic E-state index is 14.5. The van der Waals surface area contributed by atoms with E-state index in [1.165, 1.54) is 30.2 Å². The normalized spacial score (nSPS) is 14.5. The summed E-state index contributed by atoms with van der Waals surface area (Å²) in [6.07, 6.45) is 2.45. The Balaban J connectivity index is 1.64. The fourth-order valence-electron chi connectivity index (χ4n) is 3.34. The van der Waals surface area contributed by atoms with Gasteiger partial charge in [0.05, 0.1) is 11.1 Å². The van der Waals surface area contributed by atoms with Crippen LogP contribution < -0.4 is 0 Å². The lowest BCUT2D eigenvalue weighted by Gasteiger charge is -2.33. The Morgan fingerprint density at radius 3 is 2.50 bits per heavy atom. The zero-order chi connectivity index (χ0) is 19.8. The van der Waals surface area contributed by atoms with Crippen LogP contribution in [0.4, 0.5) is 4.39 Å². The summed E-state index contributed by atoms with van der Waals surface area (Å²) in [4.78, 5) is 46.6. The Morgan fingerprint density at radius 1 is 1.14 bits per heavy atom. The van der Waals surface area contributed by atoms with E-state index in [9.17, 15) is 18.8 Å². The molecular formula is C18H16FN5O4. The predicted octanol–water partition coefficient (Wildman–Crippen LogP) is 1.23. The van der Waals surface area contributed by atoms with Crippen molar-refractivity contribution in [1.82, 2.24) is 24.9 Å². The second-order valence-corrected chi connectivity index (χ2v) is 6.43. The number of halogens is 1. The second-order valence-electron chi connectivity index (χ2n) is 6.43. The Kier molecular flexibility index (Phi) is 4.38. The van der Waals surface area contributed by atoms with E-state index in [2.05, 4.69) is 15.1 Å². The first-order valence-electron chi connectivity index (χ1n) is 8.63. The van der Waals surface area contributed by atoms with E-state index in [1.54, 1.807) is 4.90 Å². The van der Waals surface area contributed by atoms with Gasteiger partial charge in [0.1, 0.15) is 5.82 Å². The molecule has 4 rings (SSSR count). The minimum Gasteiger partial charge on any atom is -0.360 e. The van der Waals surface area contributed by atoms with Crippen LogP contribution in [-0.2, 0) is 9.59 Å². The first-order valence-corrected chi connectivity index (χ1v) is 8.63. The van der Waals surface area contributed by atoms with Crippen molar-refractivity contribution < 1.29 is 23.3 Å². The van der Waals surface area contributed by atoms with Crippen molar-refractivity contribution in [3.05, 3.63) is 36.1 Å². The van der Waals surface area contributed by atoms with Crippen LogP contribution in [0.25, 0.3) is 22.3 Å². The van der Waals surface area contributed by atoms with Gasteiger partial charge in [0, 0.05) is 50.2 Å². The van der Waals surface area contributed by atoms with E-state index >= 15 is 0 Å². The number of Topliss-reactive ketones (excluding diaryl/α,β-unsaturated/α-hetero) is 1. The molecule has 0 bridgehead atoms. The van der Waals surface area contributed by atoms with Gasteiger partial charge >= 0.3 is 0 Å². The Morgan fingerprint density at radius 2 is 1.86 bits per heavy atom. The molecule has 1 N–H and O–H groups in total. The summed E-state index contributed by atoms with van der Waals surface area (Å²) in [5.41, 5.74) is 0.697. The van der Waals surface area contributed by atoms with Crippen molar-refractivity contribution in [3.8, 4) is 11.4 Å². The number of ketones is 1. The lowest BCUT2D eigenvalue weighted by molar-refractivity contribution is -0.135. The van der Waals surface area contributed by atoms with Gasteiger partial charge in [-0.1, -0.05) is 5.16 Å². The minimum atomic E-state index is -0.813. The summed E-state index contributed by atoms with van der Waals surface area (Å²) in [6.45, 7) is 2.68. The van der Waals surface area contributed by atoms with E-state index in [-0.39, 0.29) is 35.8 Å². The van der Waals surface area contributed by atoms with Gasteiger partial charge in [-0.25, -0.2) is 4.39 Å². The molecule has 1 aromatic carbocycles. The van der Waals surface area contributed by atoms with Crippen LogP contribution in [0.15, 0.2) is 29.2 Å². The smallest absolute Gasteiger partial charge is 0.295 e. The number of nitrogens with zero attached hydrogens (tertiary/aromatic N) is 4. The van der Waals surface area contributed by atoms with E-state index in [4.69, 9.17) is 4.52 Å². The quantitative estimate of drug-likeness (QED) is 0.536. The predicted molar refractivity (Wildman–Crippen MR) is 94.7 cm³/mol. The zero-order valence-electron chi connectivity index (χ0n) is 14.9. The molecule has 9 nitrogen and oxygen atoms in total. The molecule has 1 saturated heterocycles. The lowest BCUT2D eigenvalue weighted by atomic mass is 10.0. The second kappa shape index (κ2) is 6.87. The number of rotatable bonds is 3. The monoisotopic (exact) mass is 385 g/mol. The number of benzene rings is 1. The molecule has 10 heteroatoms. The summed E-state index contributed by atoms with van der Waals surface area (Å²) in [6, 6.07) is 2.66. The Hall–Kier alpha value is -3.56. The van der Waals surface area contributed by atoms with Crippen LogP contribution in [-0.4, -0.2) is 68.7 Å². The summed E-state index contributed by atoms with van der Waals surface area (Å²) >= 11 is 0. The van der Waals surface area contributed by atoms with Gasteiger partial charge in [-0.2, -0.15) is 4.98 Å². The third-order valence-corrected chi connectivity index (χ3v) is 4.84. The molecule has 1 fully saturated rings. The SMILES string of the molecule is CC(=O)N1CCN(C(=O)C(=O)c2c[nH]c3c(-c4ncon4)ccc(F)c23)CC1. The highest BCUT2D eigenvalue weighted by Gasteiger charge is 2.30. The van der Waals surface area contributed by atoms with E-state index in [0.29, 0.717) is 24.2 Å². The van der Waals surface area contributed by atoms with Crippen molar-refractivity contribution in [2.75, 3.05) is 26.2 Å². The molecule has 0 aliphatic carbocycles. The van der Waals surface area contributed by atoms with E-state index < -0.39 is 17.5 Å². The van der Waals surface area contributed by atoms with Crippen LogP contribution in [0.1, 0.15) is 17.3 Å². The van der Waals surface area contributed by atoms with Crippen LogP contribution in [0.5, 0.6) is 0 Å². The molecule has 0 spiro atoms. The van der Waals surface area contributed by atoms with Gasteiger partial charge in [0.2, 0.25) is 18.1 Å². The highest BCUT2D eigenvalue weighted by atomic mass is 19.1. The maximum Gasteiger partial charge on any atom is 0.295 e. The number of hydrogen-bond donors (Lipinski definition) is 1. The van der Waals surface area contributed by atoms with Crippen molar-refractivity contribution in [2.24, 2.45) is 0 Å².